The van der Waals surface area contributed by atoms with Crippen LogP contribution in [0.3, 0.4) is 0 Å². The van der Waals surface area contributed by atoms with Crippen molar-refractivity contribution in [2.75, 3.05) is 13.2 Å². The smallest absolute Gasteiger partial charge is 0.221 e. The summed E-state index contributed by atoms with van der Waals surface area (Å²) in [7, 11) is 0. The third-order valence-electron chi connectivity index (χ3n) is 2.57. The molecule has 2 saturated heterocycles. The summed E-state index contributed by atoms with van der Waals surface area (Å²) in [6.07, 6.45) is -4.61. The van der Waals surface area contributed by atoms with Gasteiger partial charge in [0.2, 0.25) is 5.79 Å². The summed E-state index contributed by atoms with van der Waals surface area (Å²) in [6, 6.07) is 0. The molecule has 2 bridgehead atoms. The van der Waals surface area contributed by atoms with Crippen LogP contribution in [0.25, 0.3) is 0 Å². The van der Waals surface area contributed by atoms with Crippen molar-refractivity contribution in [2.45, 2.75) is 30.2 Å². The van der Waals surface area contributed by atoms with Crippen molar-refractivity contribution in [3.63, 3.8) is 0 Å². The second kappa shape index (κ2) is 2.88. The van der Waals surface area contributed by atoms with Crippen LogP contribution in [0.1, 0.15) is 0 Å². The van der Waals surface area contributed by atoms with Crippen LogP contribution in [-0.2, 0) is 9.47 Å². The maximum Gasteiger partial charge on any atom is 0.221 e. The third kappa shape index (κ3) is 1.11. The number of aliphatic hydroxyl groups is 4. The van der Waals surface area contributed by atoms with Crippen LogP contribution in [0.2, 0.25) is 0 Å². The van der Waals surface area contributed by atoms with Crippen LogP contribution in [0, 0.1) is 0 Å². The van der Waals surface area contributed by atoms with Gasteiger partial charge in [0.15, 0.2) is 0 Å². The van der Waals surface area contributed by atoms with E-state index in [1.54, 1.807) is 0 Å². The molecule has 2 aliphatic rings. The van der Waals surface area contributed by atoms with Crippen LogP contribution < -0.4 is 0 Å². The fourth-order valence-electron chi connectivity index (χ4n) is 1.71. The molecule has 2 fully saturated rings. The normalized spacial score (nSPS) is 55.4. The number of aliphatic hydroxyl groups excluding tert-OH is 4. The Hall–Kier alpha value is -0.240. The van der Waals surface area contributed by atoms with Gasteiger partial charge in [0, 0.05) is 0 Å². The predicted molar refractivity (Wildman–Crippen MR) is 38.7 cm³/mol. The lowest BCUT2D eigenvalue weighted by molar-refractivity contribution is -0.305. The van der Waals surface area contributed by atoms with Gasteiger partial charge in [-0.15, -0.1) is 0 Å². The molecular weight excluding hydrogens is 180 g/mol. The predicted octanol–water partition coefficient (Wildman–Crippen LogP) is -2.81. The van der Waals surface area contributed by atoms with Crippen molar-refractivity contribution in [1.29, 1.82) is 0 Å². The second-order valence-electron chi connectivity index (χ2n) is 3.36. The first-order valence-electron chi connectivity index (χ1n) is 4.07. The van der Waals surface area contributed by atoms with Gasteiger partial charge in [-0.2, -0.15) is 0 Å². The van der Waals surface area contributed by atoms with E-state index in [0.717, 1.165) is 0 Å². The number of fused-ring (bicyclic) bond motifs is 2. The monoisotopic (exact) mass is 192 g/mol. The molecule has 6 nitrogen and oxygen atoms in total. The Morgan fingerprint density at radius 2 is 1.92 bits per heavy atom. The summed E-state index contributed by atoms with van der Waals surface area (Å²) in [5.41, 5.74) is 0. The van der Waals surface area contributed by atoms with Crippen molar-refractivity contribution in [3.05, 3.63) is 0 Å². The molecule has 6 heteroatoms. The lowest BCUT2D eigenvalue weighted by atomic mass is 9.95. The fourth-order valence-corrected chi connectivity index (χ4v) is 1.71. The molecule has 0 saturated carbocycles. The maximum atomic E-state index is 9.47. The standard InChI is InChI=1S/C7H12O6/c8-2-7-6(11)5(10)4(9)3(13-7)1-12-7/h3-6,8-11H,1-2H2/t3-,4+,5-,6-,7-/m1/s1. The number of hydrogen-bond donors (Lipinski definition) is 4. The average Bonchev–Trinajstić information content (AvgIpc) is 2.55. The molecule has 0 spiro atoms. The van der Waals surface area contributed by atoms with Gasteiger partial charge in [-0.1, -0.05) is 0 Å². The highest BCUT2D eigenvalue weighted by molar-refractivity contribution is 5.00. The third-order valence-corrected chi connectivity index (χ3v) is 2.57. The van der Waals surface area contributed by atoms with E-state index < -0.39 is 36.8 Å². The van der Waals surface area contributed by atoms with Crippen molar-refractivity contribution in [3.8, 4) is 0 Å². The Bertz CT molecular complexity index is 209. The molecule has 0 unspecified atom stereocenters. The van der Waals surface area contributed by atoms with Crippen LogP contribution in [0.15, 0.2) is 0 Å². The summed E-state index contributed by atoms with van der Waals surface area (Å²) >= 11 is 0. The lowest BCUT2D eigenvalue weighted by Crippen LogP contribution is -2.62. The molecule has 2 heterocycles. The van der Waals surface area contributed by atoms with Gasteiger partial charge < -0.3 is 29.9 Å². The highest BCUT2D eigenvalue weighted by Gasteiger charge is 2.58. The first-order valence-corrected chi connectivity index (χ1v) is 4.07. The van der Waals surface area contributed by atoms with Gasteiger partial charge in [-0.3, -0.25) is 0 Å². The lowest BCUT2D eigenvalue weighted by Gasteiger charge is -2.39. The van der Waals surface area contributed by atoms with Crippen molar-refractivity contribution in [2.24, 2.45) is 0 Å². The molecule has 4 N–H and O–H groups in total. The zero-order valence-corrected chi connectivity index (χ0v) is 6.83. The Morgan fingerprint density at radius 1 is 1.23 bits per heavy atom. The topological polar surface area (TPSA) is 99.4 Å². The molecule has 0 aromatic heterocycles. The number of hydrogen-bond acceptors (Lipinski definition) is 6. The molecule has 0 amide bonds. The zero-order valence-electron chi connectivity index (χ0n) is 6.83. The molecule has 2 aliphatic heterocycles. The fraction of sp³-hybridized carbons (Fsp3) is 1.00. The van der Waals surface area contributed by atoms with Crippen LogP contribution in [-0.4, -0.2) is 63.8 Å². The molecule has 76 valence electrons. The summed E-state index contributed by atoms with van der Waals surface area (Å²) in [4.78, 5) is 0. The van der Waals surface area contributed by atoms with E-state index in [-0.39, 0.29) is 6.61 Å². The van der Waals surface area contributed by atoms with Gasteiger partial charge in [-0.05, 0) is 0 Å². The van der Waals surface area contributed by atoms with Gasteiger partial charge in [0.1, 0.15) is 31.0 Å². The highest BCUT2D eigenvalue weighted by Crippen LogP contribution is 2.36. The quantitative estimate of drug-likeness (QED) is 0.358. The minimum Gasteiger partial charge on any atom is -0.391 e. The Kier molecular flexibility index (Phi) is 2.06. The van der Waals surface area contributed by atoms with Crippen LogP contribution in [0.4, 0.5) is 0 Å². The molecule has 0 aliphatic carbocycles. The van der Waals surface area contributed by atoms with Crippen molar-refractivity contribution in [1.82, 2.24) is 0 Å². The first kappa shape index (κ1) is 9.32. The van der Waals surface area contributed by atoms with Gasteiger partial charge in [0.25, 0.3) is 0 Å². The van der Waals surface area contributed by atoms with Gasteiger partial charge in [-0.25, -0.2) is 0 Å². The SMILES string of the molecule is OC[C@@]12OC[C@@H](O1)[C@H](O)[C@@H](O)[C@H]2O. The van der Waals surface area contributed by atoms with Gasteiger partial charge in [0.05, 0.1) is 6.61 Å². The Balaban J connectivity index is 2.25. The van der Waals surface area contributed by atoms with Crippen molar-refractivity contribution >= 4 is 0 Å². The van der Waals surface area contributed by atoms with Gasteiger partial charge >= 0.3 is 0 Å². The largest absolute Gasteiger partial charge is 0.391 e. The minimum absolute atomic E-state index is 0.0653. The molecule has 0 aromatic rings. The van der Waals surface area contributed by atoms with Crippen molar-refractivity contribution < 1.29 is 29.9 Å². The molecule has 0 radical (unpaired) electrons. The number of rotatable bonds is 1. The summed E-state index contributed by atoms with van der Waals surface area (Å²) in [6.45, 7) is -0.482. The average molecular weight is 192 g/mol. The van der Waals surface area contributed by atoms with E-state index in [4.69, 9.17) is 14.6 Å². The molecule has 5 atom stereocenters. The molecule has 0 aromatic carbocycles. The first-order chi connectivity index (χ1) is 6.10. The Labute approximate surface area is 74.3 Å². The van der Waals surface area contributed by atoms with E-state index >= 15 is 0 Å². The van der Waals surface area contributed by atoms with E-state index in [1.807, 2.05) is 0 Å². The van der Waals surface area contributed by atoms with E-state index in [2.05, 4.69) is 0 Å². The molecular formula is C7H12O6. The highest BCUT2D eigenvalue weighted by atomic mass is 16.8. The minimum atomic E-state index is -1.55. The summed E-state index contributed by atoms with van der Waals surface area (Å²) in [5, 5.41) is 37.1. The number of ether oxygens (including phenoxy) is 2. The van der Waals surface area contributed by atoms with Crippen LogP contribution >= 0.6 is 0 Å². The Morgan fingerprint density at radius 3 is 2.54 bits per heavy atom. The summed E-state index contributed by atoms with van der Waals surface area (Å²) < 4.78 is 10.1. The summed E-state index contributed by atoms with van der Waals surface area (Å²) in [5.74, 6) is -1.55. The van der Waals surface area contributed by atoms with E-state index in [1.165, 1.54) is 0 Å². The van der Waals surface area contributed by atoms with E-state index in [9.17, 15) is 15.3 Å². The second-order valence-corrected chi connectivity index (χ2v) is 3.36. The zero-order chi connectivity index (χ0) is 9.64. The molecule has 2 rings (SSSR count). The van der Waals surface area contributed by atoms with Crippen LogP contribution in [0.5, 0.6) is 0 Å². The molecule has 13 heavy (non-hydrogen) atoms. The van der Waals surface area contributed by atoms with E-state index in [0.29, 0.717) is 0 Å². The maximum absolute atomic E-state index is 9.47.